The highest BCUT2D eigenvalue weighted by molar-refractivity contribution is 5.75. The molecule has 0 atom stereocenters. The van der Waals surface area contributed by atoms with Crippen LogP contribution in [0, 0.1) is 0 Å². The first-order valence-electron chi connectivity index (χ1n) is 7.10. The summed E-state index contributed by atoms with van der Waals surface area (Å²) in [6.45, 7) is 3.15. The molecule has 1 aromatic rings. The van der Waals surface area contributed by atoms with Crippen LogP contribution in [0.1, 0.15) is 6.42 Å². The lowest BCUT2D eigenvalue weighted by Gasteiger charge is -2.37. The summed E-state index contributed by atoms with van der Waals surface area (Å²) >= 11 is 0. The van der Waals surface area contributed by atoms with Crippen LogP contribution in [-0.4, -0.2) is 66.7 Å². The number of anilines is 1. The fourth-order valence-corrected chi connectivity index (χ4v) is 2.40. The van der Waals surface area contributed by atoms with E-state index in [1.54, 1.807) is 11.9 Å². The molecule has 1 aliphatic heterocycles. The van der Waals surface area contributed by atoms with E-state index in [2.05, 4.69) is 17.0 Å². The van der Waals surface area contributed by atoms with Crippen LogP contribution >= 0.6 is 0 Å². The third-order valence-corrected chi connectivity index (χ3v) is 3.66. The number of hydrogen-bond acceptors (Lipinski definition) is 3. The van der Waals surface area contributed by atoms with Crippen LogP contribution in [-0.2, 0) is 4.79 Å². The van der Waals surface area contributed by atoms with E-state index >= 15 is 0 Å². The van der Waals surface area contributed by atoms with Gasteiger partial charge in [0.2, 0.25) is 0 Å². The number of aliphatic carboxylic acids is 1. The van der Waals surface area contributed by atoms with E-state index < -0.39 is 5.97 Å². The maximum absolute atomic E-state index is 12.2. The molecule has 114 valence electrons. The summed E-state index contributed by atoms with van der Waals surface area (Å²) in [7, 11) is 1.65. The average molecular weight is 291 g/mol. The first kappa shape index (κ1) is 15.2. The molecule has 1 aromatic carbocycles. The van der Waals surface area contributed by atoms with Gasteiger partial charge in [-0.25, -0.2) is 4.79 Å². The number of carbonyl (C=O) groups excluding carboxylic acids is 1. The zero-order valence-corrected chi connectivity index (χ0v) is 12.2. The third kappa shape index (κ3) is 4.11. The predicted octanol–water partition coefficient (Wildman–Crippen LogP) is 1.34. The number of amides is 2. The summed E-state index contributed by atoms with van der Waals surface area (Å²) in [4.78, 5) is 28.2. The highest BCUT2D eigenvalue weighted by Gasteiger charge is 2.23. The molecule has 0 aromatic heterocycles. The van der Waals surface area contributed by atoms with Crippen molar-refractivity contribution in [1.82, 2.24) is 9.80 Å². The molecule has 2 rings (SSSR count). The second kappa shape index (κ2) is 6.97. The molecule has 0 saturated carbocycles. The number of rotatable bonds is 4. The van der Waals surface area contributed by atoms with Gasteiger partial charge in [-0.3, -0.25) is 4.79 Å². The number of piperazine rings is 1. The minimum absolute atomic E-state index is 0.0216. The van der Waals surface area contributed by atoms with Crippen molar-refractivity contribution < 1.29 is 14.7 Å². The molecule has 2 amide bonds. The summed E-state index contributed by atoms with van der Waals surface area (Å²) in [5.74, 6) is -0.886. The number of nitrogens with zero attached hydrogens (tertiary/aromatic N) is 3. The number of carboxylic acids is 1. The lowest BCUT2D eigenvalue weighted by Crippen LogP contribution is -2.52. The number of benzene rings is 1. The predicted molar refractivity (Wildman–Crippen MR) is 80.5 cm³/mol. The minimum atomic E-state index is -0.886. The van der Waals surface area contributed by atoms with Gasteiger partial charge in [-0.2, -0.15) is 0 Å². The van der Waals surface area contributed by atoms with Crippen LogP contribution in [0.5, 0.6) is 0 Å². The molecule has 0 spiro atoms. The molecule has 1 saturated heterocycles. The summed E-state index contributed by atoms with van der Waals surface area (Å²) in [5, 5.41) is 8.66. The monoisotopic (exact) mass is 291 g/mol. The Labute approximate surface area is 124 Å². The highest BCUT2D eigenvalue weighted by Crippen LogP contribution is 2.16. The van der Waals surface area contributed by atoms with Gasteiger partial charge >= 0.3 is 12.0 Å². The Balaban J connectivity index is 1.83. The normalized spacial score (nSPS) is 14.9. The van der Waals surface area contributed by atoms with Gasteiger partial charge in [0.25, 0.3) is 0 Å². The number of urea groups is 1. The van der Waals surface area contributed by atoms with Crippen molar-refractivity contribution in [2.45, 2.75) is 6.42 Å². The number of hydrogen-bond donors (Lipinski definition) is 1. The van der Waals surface area contributed by atoms with Gasteiger partial charge < -0.3 is 19.8 Å². The van der Waals surface area contributed by atoms with E-state index in [1.807, 2.05) is 18.2 Å². The van der Waals surface area contributed by atoms with Crippen LogP contribution in [0.4, 0.5) is 10.5 Å². The van der Waals surface area contributed by atoms with E-state index in [1.165, 1.54) is 10.6 Å². The lowest BCUT2D eigenvalue weighted by atomic mass is 10.2. The Morgan fingerprint density at radius 1 is 1.14 bits per heavy atom. The van der Waals surface area contributed by atoms with Gasteiger partial charge in [-0.1, -0.05) is 18.2 Å². The third-order valence-electron chi connectivity index (χ3n) is 3.66. The Morgan fingerprint density at radius 3 is 2.33 bits per heavy atom. The standard InChI is InChI=1S/C15H21N3O3/c1-16(8-7-14(19)20)15(21)18-11-9-17(10-12-18)13-5-3-2-4-6-13/h2-6H,7-12H2,1H3,(H,19,20). The topological polar surface area (TPSA) is 64.1 Å². The minimum Gasteiger partial charge on any atom is -0.481 e. The molecule has 6 heteroatoms. The molecule has 21 heavy (non-hydrogen) atoms. The summed E-state index contributed by atoms with van der Waals surface area (Å²) in [5.41, 5.74) is 1.17. The largest absolute Gasteiger partial charge is 0.481 e. The Morgan fingerprint density at radius 2 is 1.76 bits per heavy atom. The second-order valence-electron chi connectivity index (χ2n) is 5.16. The van der Waals surface area contributed by atoms with Crippen LogP contribution in [0.3, 0.4) is 0 Å². The molecule has 0 unspecified atom stereocenters. The molecule has 1 heterocycles. The lowest BCUT2D eigenvalue weighted by molar-refractivity contribution is -0.137. The Hall–Kier alpha value is -2.24. The quantitative estimate of drug-likeness (QED) is 0.909. The summed E-state index contributed by atoms with van der Waals surface area (Å²) in [6, 6.07) is 10.0. The van der Waals surface area contributed by atoms with E-state index in [0.717, 1.165) is 13.1 Å². The Bertz CT molecular complexity index is 484. The highest BCUT2D eigenvalue weighted by atomic mass is 16.4. The molecule has 0 radical (unpaired) electrons. The zero-order chi connectivity index (χ0) is 15.2. The van der Waals surface area contributed by atoms with Gasteiger partial charge in [-0.15, -0.1) is 0 Å². The van der Waals surface area contributed by atoms with Gasteiger partial charge in [0, 0.05) is 45.5 Å². The first-order valence-corrected chi connectivity index (χ1v) is 7.10. The molecule has 0 bridgehead atoms. The van der Waals surface area contributed by atoms with E-state index in [9.17, 15) is 9.59 Å². The van der Waals surface area contributed by atoms with Crippen molar-refractivity contribution in [1.29, 1.82) is 0 Å². The van der Waals surface area contributed by atoms with Crippen molar-refractivity contribution in [3.63, 3.8) is 0 Å². The van der Waals surface area contributed by atoms with Crippen molar-refractivity contribution in [2.24, 2.45) is 0 Å². The van der Waals surface area contributed by atoms with Crippen LogP contribution < -0.4 is 4.90 Å². The molecule has 1 fully saturated rings. The van der Waals surface area contributed by atoms with E-state index in [-0.39, 0.29) is 19.0 Å². The fraction of sp³-hybridized carbons (Fsp3) is 0.467. The summed E-state index contributed by atoms with van der Waals surface area (Å²) < 4.78 is 0. The molecule has 1 N–H and O–H groups in total. The van der Waals surface area contributed by atoms with Crippen molar-refractivity contribution in [2.75, 3.05) is 44.7 Å². The van der Waals surface area contributed by atoms with Crippen LogP contribution in [0.25, 0.3) is 0 Å². The maximum atomic E-state index is 12.2. The number of carbonyl (C=O) groups is 2. The fourth-order valence-electron chi connectivity index (χ4n) is 2.40. The number of carboxylic acid groups (broad SMARTS) is 1. The zero-order valence-electron chi connectivity index (χ0n) is 12.2. The molecular formula is C15H21N3O3. The van der Waals surface area contributed by atoms with Gasteiger partial charge in [0.1, 0.15) is 0 Å². The molecular weight excluding hydrogens is 270 g/mol. The summed E-state index contributed by atoms with van der Waals surface area (Å²) in [6.07, 6.45) is -0.0216. The Kier molecular flexibility index (Phi) is 5.03. The second-order valence-corrected chi connectivity index (χ2v) is 5.16. The smallest absolute Gasteiger partial charge is 0.319 e. The van der Waals surface area contributed by atoms with Crippen molar-refractivity contribution in [3.8, 4) is 0 Å². The van der Waals surface area contributed by atoms with Crippen LogP contribution in [0.15, 0.2) is 30.3 Å². The van der Waals surface area contributed by atoms with Gasteiger partial charge in [0.15, 0.2) is 0 Å². The first-order chi connectivity index (χ1) is 10.1. The average Bonchev–Trinajstić information content (AvgIpc) is 2.53. The molecule has 6 nitrogen and oxygen atoms in total. The van der Waals surface area contributed by atoms with Gasteiger partial charge in [-0.05, 0) is 12.1 Å². The maximum Gasteiger partial charge on any atom is 0.319 e. The van der Waals surface area contributed by atoms with Gasteiger partial charge in [0.05, 0.1) is 6.42 Å². The van der Waals surface area contributed by atoms with E-state index in [4.69, 9.17) is 5.11 Å². The molecule has 1 aliphatic rings. The van der Waals surface area contributed by atoms with Crippen molar-refractivity contribution >= 4 is 17.7 Å². The van der Waals surface area contributed by atoms with Crippen molar-refractivity contribution in [3.05, 3.63) is 30.3 Å². The van der Waals surface area contributed by atoms with E-state index in [0.29, 0.717) is 13.1 Å². The number of para-hydroxylation sites is 1. The molecule has 0 aliphatic carbocycles. The SMILES string of the molecule is CN(CCC(=O)O)C(=O)N1CCN(c2ccccc2)CC1. The van der Waals surface area contributed by atoms with Crippen LogP contribution in [0.2, 0.25) is 0 Å².